The van der Waals surface area contributed by atoms with Crippen LogP contribution >= 0.6 is 0 Å². The predicted octanol–water partition coefficient (Wildman–Crippen LogP) is 10.9. The molecule has 0 bridgehead atoms. The van der Waals surface area contributed by atoms with Gasteiger partial charge in [-0.05, 0) is 83.0 Å². The Balaban J connectivity index is 1.33. The molecule has 0 N–H and O–H groups in total. The molecule has 1 aliphatic carbocycles. The van der Waals surface area contributed by atoms with Crippen LogP contribution < -0.4 is 14.2 Å². The molecule has 1 heterocycles. The molecule has 0 spiro atoms. The lowest BCUT2D eigenvalue weighted by Gasteiger charge is -2.38. The summed E-state index contributed by atoms with van der Waals surface area (Å²) in [6.45, 7) is 5.07. The van der Waals surface area contributed by atoms with Gasteiger partial charge in [0.15, 0.2) is 5.60 Å². The highest BCUT2D eigenvalue weighted by Gasteiger charge is 2.46. The third-order valence-corrected chi connectivity index (χ3v) is 10.3. The van der Waals surface area contributed by atoms with Crippen molar-refractivity contribution in [2.75, 3.05) is 20.8 Å². The minimum Gasteiger partial charge on any atom is -0.497 e. The first-order valence-corrected chi connectivity index (χ1v) is 17.1. The Kier molecular flexibility index (Phi) is 7.77. The normalized spacial score (nSPS) is 18.8. The molecule has 0 aromatic heterocycles. The van der Waals surface area contributed by atoms with Gasteiger partial charge in [0.25, 0.3) is 0 Å². The fourth-order valence-corrected chi connectivity index (χ4v) is 7.63. The highest BCUT2D eigenvalue weighted by molar-refractivity contribution is 6.08. The topological polar surface area (TPSA) is 36.9 Å². The summed E-state index contributed by atoms with van der Waals surface area (Å²) in [7, 11) is 3.50. The molecule has 244 valence electrons. The average molecular weight is 645 g/mol. The molecule has 0 saturated carbocycles. The van der Waals surface area contributed by atoms with Crippen LogP contribution in [-0.2, 0) is 15.9 Å². The van der Waals surface area contributed by atoms with Crippen LogP contribution in [0.5, 0.6) is 17.2 Å². The summed E-state index contributed by atoms with van der Waals surface area (Å²) < 4.78 is 25.6. The van der Waals surface area contributed by atoms with Crippen molar-refractivity contribution < 1.29 is 18.9 Å². The molecule has 8 rings (SSSR count). The lowest BCUT2D eigenvalue weighted by molar-refractivity contribution is 0.0424. The lowest BCUT2D eigenvalue weighted by atomic mass is 9.80. The third-order valence-electron chi connectivity index (χ3n) is 10.3. The summed E-state index contributed by atoms with van der Waals surface area (Å²) in [4.78, 5) is 0. The first-order valence-electron chi connectivity index (χ1n) is 17.1. The molecule has 4 nitrogen and oxygen atoms in total. The van der Waals surface area contributed by atoms with Gasteiger partial charge in [-0.25, -0.2) is 0 Å². The minimum atomic E-state index is -0.895. The standard InChI is InChI=1S/C45H40O4/c1-5-6-28-48-35-23-19-33(20-24-35)45(32-17-21-34(46-3)22-18-32)27-26-39-42-41(36-14-10-11-15-37(36)43(39)49-45)38-25-16-31(30-12-8-7-9-13-30)29-40(38)44(42,2)47-4/h7-27,29H,5-6,28H2,1-4H3. The van der Waals surface area contributed by atoms with Crippen molar-refractivity contribution in [1.82, 2.24) is 0 Å². The molecule has 2 unspecified atom stereocenters. The second kappa shape index (κ2) is 12.3. The molecule has 2 aliphatic rings. The van der Waals surface area contributed by atoms with Crippen molar-refractivity contribution in [2.45, 2.75) is 37.9 Å². The summed E-state index contributed by atoms with van der Waals surface area (Å²) in [6, 6.07) is 42.4. The zero-order valence-electron chi connectivity index (χ0n) is 28.5. The molecule has 6 aromatic carbocycles. The van der Waals surface area contributed by atoms with Crippen molar-refractivity contribution in [3.63, 3.8) is 0 Å². The minimum absolute atomic E-state index is 0.700. The first kappa shape index (κ1) is 31.0. The van der Waals surface area contributed by atoms with E-state index in [-0.39, 0.29) is 0 Å². The van der Waals surface area contributed by atoms with Crippen LogP contribution in [-0.4, -0.2) is 20.8 Å². The van der Waals surface area contributed by atoms with E-state index in [1.54, 1.807) is 7.11 Å². The van der Waals surface area contributed by atoms with E-state index in [0.29, 0.717) is 6.61 Å². The Labute approximate surface area is 288 Å². The maximum atomic E-state index is 7.45. The van der Waals surface area contributed by atoms with E-state index in [4.69, 9.17) is 18.9 Å². The summed E-state index contributed by atoms with van der Waals surface area (Å²) in [5, 5.41) is 2.21. The third kappa shape index (κ3) is 4.93. The van der Waals surface area contributed by atoms with E-state index in [0.717, 1.165) is 68.7 Å². The number of unbranched alkanes of at least 4 members (excludes halogenated alkanes) is 1. The highest BCUT2D eigenvalue weighted by atomic mass is 16.5. The summed E-state index contributed by atoms with van der Waals surface area (Å²) in [5.74, 6) is 2.50. The molecular weight excluding hydrogens is 604 g/mol. The van der Waals surface area contributed by atoms with Gasteiger partial charge in [-0.2, -0.15) is 0 Å². The highest BCUT2D eigenvalue weighted by Crippen LogP contribution is 2.59. The van der Waals surface area contributed by atoms with E-state index in [1.165, 1.54) is 22.3 Å². The number of ether oxygens (including phenoxy) is 4. The Morgan fingerprint density at radius 2 is 1.37 bits per heavy atom. The van der Waals surface area contributed by atoms with Crippen LogP contribution in [0, 0.1) is 0 Å². The van der Waals surface area contributed by atoms with Crippen molar-refractivity contribution in [1.29, 1.82) is 0 Å². The maximum Gasteiger partial charge on any atom is 0.178 e. The second-order valence-corrected chi connectivity index (χ2v) is 13.0. The zero-order valence-corrected chi connectivity index (χ0v) is 28.5. The Hall–Kier alpha value is -5.32. The van der Waals surface area contributed by atoms with Gasteiger partial charge in [-0.3, -0.25) is 0 Å². The fourth-order valence-electron chi connectivity index (χ4n) is 7.63. The number of fused-ring (bicyclic) bond motifs is 8. The lowest BCUT2D eigenvalue weighted by Crippen LogP contribution is -2.35. The molecule has 0 radical (unpaired) electrons. The van der Waals surface area contributed by atoms with E-state index in [9.17, 15) is 0 Å². The van der Waals surface area contributed by atoms with Crippen molar-refractivity contribution in [2.24, 2.45) is 0 Å². The SMILES string of the molecule is CCCCOc1ccc(C2(c3ccc(OC)cc3)C=Cc3c4c(c5ccccc5c3O2)-c2ccc(-c3ccccc3)cc2C4(C)OC)cc1. The average Bonchev–Trinajstić information content (AvgIpc) is 3.44. The number of rotatable bonds is 9. The molecule has 0 saturated heterocycles. The Morgan fingerprint density at radius 1 is 0.694 bits per heavy atom. The summed E-state index contributed by atoms with van der Waals surface area (Å²) in [6.07, 6.45) is 6.57. The Bertz CT molecular complexity index is 2180. The largest absolute Gasteiger partial charge is 0.497 e. The van der Waals surface area contributed by atoms with Gasteiger partial charge in [0.05, 0.1) is 13.7 Å². The van der Waals surface area contributed by atoms with Crippen molar-refractivity contribution in [3.05, 3.63) is 155 Å². The molecule has 49 heavy (non-hydrogen) atoms. The molecule has 4 heteroatoms. The predicted molar refractivity (Wildman–Crippen MR) is 199 cm³/mol. The number of benzene rings is 6. The monoisotopic (exact) mass is 644 g/mol. The van der Waals surface area contributed by atoms with Crippen molar-refractivity contribution in [3.8, 4) is 39.5 Å². The quantitative estimate of drug-likeness (QED) is 0.147. The molecule has 2 atom stereocenters. The van der Waals surface area contributed by atoms with Crippen LogP contribution in [0.4, 0.5) is 0 Å². The van der Waals surface area contributed by atoms with Crippen LogP contribution in [0.3, 0.4) is 0 Å². The second-order valence-electron chi connectivity index (χ2n) is 13.0. The molecule has 0 amide bonds. The van der Waals surface area contributed by atoms with Crippen LogP contribution in [0.15, 0.2) is 127 Å². The van der Waals surface area contributed by atoms with Crippen LogP contribution in [0.25, 0.3) is 39.1 Å². The first-order chi connectivity index (χ1) is 24.0. The van der Waals surface area contributed by atoms with Gasteiger partial charge < -0.3 is 18.9 Å². The van der Waals surface area contributed by atoms with Crippen LogP contribution in [0.2, 0.25) is 0 Å². The van der Waals surface area contributed by atoms with E-state index in [2.05, 4.69) is 123 Å². The van der Waals surface area contributed by atoms with E-state index in [1.807, 2.05) is 31.4 Å². The number of methoxy groups -OCH3 is 2. The van der Waals surface area contributed by atoms with Crippen LogP contribution in [0.1, 0.15) is 54.5 Å². The smallest absolute Gasteiger partial charge is 0.178 e. The van der Waals surface area contributed by atoms with Gasteiger partial charge >= 0.3 is 0 Å². The van der Waals surface area contributed by atoms with Gasteiger partial charge in [0, 0.05) is 34.7 Å². The van der Waals surface area contributed by atoms with Gasteiger partial charge in [0.2, 0.25) is 0 Å². The molecule has 0 fully saturated rings. The van der Waals surface area contributed by atoms with Gasteiger partial charge in [-0.1, -0.05) is 110 Å². The summed E-state index contributed by atoms with van der Waals surface area (Å²) in [5.41, 5.74) is 8.49. The zero-order chi connectivity index (χ0) is 33.6. The molecular formula is C45H40O4. The number of hydrogen-bond donors (Lipinski definition) is 0. The van der Waals surface area contributed by atoms with E-state index < -0.39 is 11.2 Å². The maximum absolute atomic E-state index is 7.45. The Morgan fingerprint density at radius 3 is 2.04 bits per heavy atom. The molecule has 6 aromatic rings. The summed E-state index contributed by atoms with van der Waals surface area (Å²) >= 11 is 0. The van der Waals surface area contributed by atoms with Gasteiger partial charge in [0.1, 0.15) is 22.8 Å². The number of hydrogen-bond acceptors (Lipinski definition) is 4. The molecule has 1 aliphatic heterocycles. The fraction of sp³-hybridized carbons (Fsp3) is 0.200. The van der Waals surface area contributed by atoms with E-state index >= 15 is 0 Å². The van der Waals surface area contributed by atoms with Gasteiger partial charge in [-0.15, -0.1) is 0 Å². The van der Waals surface area contributed by atoms with Crippen molar-refractivity contribution >= 4 is 16.8 Å².